The van der Waals surface area contributed by atoms with Crippen molar-refractivity contribution in [3.05, 3.63) is 41.8 Å². The van der Waals surface area contributed by atoms with Crippen LogP contribution in [-0.2, 0) is 12.8 Å². The van der Waals surface area contributed by atoms with E-state index in [0.717, 1.165) is 0 Å². The van der Waals surface area contributed by atoms with Gasteiger partial charge in [0.1, 0.15) is 0 Å². The van der Waals surface area contributed by atoms with E-state index in [9.17, 15) is 0 Å². The van der Waals surface area contributed by atoms with Crippen molar-refractivity contribution in [1.82, 2.24) is 0 Å². The number of unbranched alkanes of at least 4 members (excludes halogenated alkanes) is 1. The molecular formula is C13H15. The number of hydrogen-bond acceptors (Lipinski definition) is 0. The molecule has 0 aromatic heterocycles. The molecule has 0 aliphatic carbocycles. The van der Waals surface area contributed by atoms with E-state index < -0.39 is 0 Å². The molecular weight excluding hydrogens is 156 g/mol. The standard InChI is InChI=1S/C13H15/c1-3-5-7-13-10-8-12(6-4-2)9-11-13/h8-11H,3,5-7H2,1H3. The lowest BCUT2D eigenvalue weighted by Crippen LogP contribution is -1.86. The van der Waals surface area contributed by atoms with Crippen LogP contribution < -0.4 is 0 Å². The van der Waals surface area contributed by atoms with Crippen molar-refractivity contribution in [1.29, 1.82) is 0 Å². The van der Waals surface area contributed by atoms with Crippen LogP contribution in [0.2, 0.25) is 0 Å². The predicted molar refractivity (Wildman–Crippen MR) is 55.9 cm³/mol. The monoisotopic (exact) mass is 171 g/mol. The second kappa shape index (κ2) is 5.43. The van der Waals surface area contributed by atoms with Crippen LogP contribution in [0, 0.1) is 12.3 Å². The van der Waals surface area contributed by atoms with Gasteiger partial charge in [0, 0.05) is 6.42 Å². The van der Waals surface area contributed by atoms with Crippen LogP contribution in [0.1, 0.15) is 30.9 Å². The number of hydrogen-bond donors (Lipinski definition) is 0. The summed E-state index contributed by atoms with van der Waals surface area (Å²) in [7, 11) is 0. The molecule has 67 valence electrons. The summed E-state index contributed by atoms with van der Waals surface area (Å²) in [6.45, 7) is 2.21. The molecule has 0 N–H and O–H groups in total. The van der Waals surface area contributed by atoms with Gasteiger partial charge in [0.15, 0.2) is 0 Å². The molecule has 0 atom stereocenters. The van der Waals surface area contributed by atoms with Crippen molar-refractivity contribution in [3.8, 4) is 5.92 Å². The van der Waals surface area contributed by atoms with Gasteiger partial charge in [0.2, 0.25) is 0 Å². The molecule has 0 heteroatoms. The highest BCUT2D eigenvalue weighted by atomic mass is 14.0. The molecule has 0 spiro atoms. The van der Waals surface area contributed by atoms with Crippen LogP contribution in [0.3, 0.4) is 0 Å². The first-order chi connectivity index (χ1) is 6.36. The normalized spacial score (nSPS) is 9.54. The third-order valence-corrected chi connectivity index (χ3v) is 2.13. The average Bonchev–Trinajstić information content (AvgIpc) is 2.17. The Morgan fingerprint density at radius 1 is 1.15 bits per heavy atom. The molecule has 0 saturated carbocycles. The van der Waals surface area contributed by atoms with Crippen molar-refractivity contribution in [2.75, 3.05) is 0 Å². The van der Waals surface area contributed by atoms with Crippen molar-refractivity contribution < 1.29 is 0 Å². The molecule has 0 nitrogen and oxygen atoms in total. The zero-order chi connectivity index (χ0) is 9.52. The summed E-state index contributed by atoms with van der Waals surface area (Å²) in [6.07, 6.45) is 11.2. The fourth-order valence-electron chi connectivity index (χ4n) is 1.31. The van der Waals surface area contributed by atoms with Gasteiger partial charge < -0.3 is 0 Å². The zero-order valence-electron chi connectivity index (χ0n) is 8.14. The second-order valence-electron chi connectivity index (χ2n) is 3.27. The summed E-state index contributed by atoms with van der Waals surface area (Å²) < 4.78 is 0. The van der Waals surface area contributed by atoms with Crippen LogP contribution in [0.5, 0.6) is 0 Å². The highest BCUT2D eigenvalue weighted by Crippen LogP contribution is 2.07. The Morgan fingerprint density at radius 3 is 2.31 bits per heavy atom. The lowest BCUT2D eigenvalue weighted by Gasteiger charge is -2.00. The molecule has 0 bridgehead atoms. The summed E-state index contributed by atoms with van der Waals surface area (Å²) in [6, 6.07) is 8.49. The first-order valence-electron chi connectivity index (χ1n) is 4.84. The summed E-state index contributed by atoms with van der Waals surface area (Å²) in [5.41, 5.74) is 2.57. The van der Waals surface area contributed by atoms with Gasteiger partial charge in [-0.2, -0.15) is 0 Å². The van der Waals surface area contributed by atoms with Gasteiger partial charge >= 0.3 is 0 Å². The summed E-state index contributed by atoms with van der Waals surface area (Å²) in [5.74, 6) is 2.40. The number of aryl methyl sites for hydroxylation is 1. The average molecular weight is 171 g/mol. The Kier molecular flexibility index (Phi) is 4.12. The Labute approximate surface area is 81.0 Å². The third kappa shape index (κ3) is 3.34. The van der Waals surface area contributed by atoms with Crippen LogP contribution in [0.4, 0.5) is 0 Å². The second-order valence-corrected chi connectivity index (χ2v) is 3.27. The molecule has 1 radical (unpaired) electrons. The first-order valence-corrected chi connectivity index (χ1v) is 4.84. The van der Waals surface area contributed by atoms with Crippen LogP contribution in [0.15, 0.2) is 24.3 Å². The fraction of sp³-hybridized carbons (Fsp3) is 0.385. The van der Waals surface area contributed by atoms with Gasteiger partial charge in [-0.3, -0.25) is 0 Å². The largest absolute Gasteiger partial charge is 0.0843 e. The SMILES string of the molecule is [C]#CCc1ccc(CCCC)cc1. The molecule has 0 aliphatic heterocycles. The van der Waals surface area contributed by atoms with E-state index in [1.54, 1.807) is 0 Å². The van der Waals surface area contributed by atoms with Crippen molar-refractivity contribution in [2.45, 2.75) is 32.6 Å². The van der Waals surface area contributed by atoms with E-state index in [-0.39, 0.29) is 0 Å². The van der Waals surface area contributed by atoms with Crippen molar-refractivity contribution >= 4 is 0 Å². The Hall–Kier alpha value is -1.22. The summed E-state index contributed by atoms with van der Waals surface area (Å²) in [4.78, 5) is 0. The van der Waals surface area contributed by atoms with E-state index in [2.05, 4.69) is 37.1 Å². The maximum absolute atomic E-state index is 6.85. The van der Waals surface area contributed by atoms with E-state index in [1.807, 2.05) is 0 Å². The van der Waals surface area contributed by atoms with Crippen LogP contribution in [0.25, 0.3) is 0 Å². The molecule has 13 heavy (non-hydrogen) atoms. The minimum absolute atomic E-state index is 0.633. The van der Waals surface area contributed by atoms with Gasteiger partial charge in [-0.25, -0.2) is 0 Å². The molecule has 1 aromatic carbocycles. The van der Waals surface area contributed by atoms with Crippen LogP contribution >= 0.6 is 0 Å². The van der Waals surface area contributed by atoms with Crippen molar-refractivity contribution in [3.63, 3.8) is 0 Å². The highest BCUT2D eigenvalue weighted by Gasteiger charge is 1.92. The van der Waals surface area contributed by atoms with E-state index in [4.69, 9.17) is 6.42 Å². The molecule has 1 aromatic rings. The van der Waals surface area contributed by atoms with Gasteiger partial charge in [-0.1, -0.05) is 43.5 Å². The van der Waals surface area contributed by atoms with Gasteiger partial charge in [-0.05, 0) is 30.4 Å². The Balaban J connectivity index is 2.55. The number of rotatable bonds is 4. The lowest BCUT2D eigenvalue weighted by atomic mass is 10.1. The zero-order valence-corrected chi connectivity index (χ0v) is 8.14. The molecule has 0 amide bonds. The van der Waals surface area contributed by atoms with Gasteiger partial charge in [0.25, 0.3) is 0 Å². The highest BCUT2D eigenvalue weighted by molar-refractivity contribution is 5.24. The minimum atomic E-state index is 0.633. The first kappa shape index (κ1) is 9.86. The quantitative estimate of drug-likeness (QED) is 0.610. The lowest BCUT2D eigenvalue weighted by molar-refractivity contribution is 0.795. The number of benzene rings is 1. The topological polar surface area (TPSA) is 0 Å². The third-order valence-electron chi connectivity index (χ3n) is 2.13. The summed E-state index contributed by atoms with van der Waals surface area (Å²) in [5, 5.41) is 0. The molecule has 0 saturated heterocycles. The minimum Gasteiger partial charge on any atom is -0.0843 e. The maximum atomic E-state index is 6.85. The van der Waals surface area contributed by atoms with E-state index >= 15 is 0 Å². The van der Waals surface area contributed by atoms with Gasteiger partial charge in [-0.15, -0.1) is 0 Å². The molecule has 1 rings (SSSR count). The molecule has 0 heterocycles. The summed E-state index contributed by atoms with van der Waals surface area (Å²) >= 11 is 0. The molecule has 0 aliphatic rings. The van der Waals surface area contributed by atoms with E-state index in [1.165, 1.54) is 30.4 Å². The van der Waals surface area contributed by atoms with E-state index in [0.29, 0.717) is 6.42 Å². The molecule has 0 unspecified atom stereocenters. The van der Waals surface area contributed by atoms with Crippen molar-refractivity contribution in [2.24, 2.45) is 0 Å². The van der Waals surface area contributed by atoms with Gasteiger partial charge in [0.05, 0.1) is 0 Å². The van der Waals surface area contributed by atoms with Crippen LogP contribution in [-0.4, -0.2) is 0 Å². The smallest absolute Gasteiger partial charge is 0.0350 e. The predicted octanol–water partition coefficient (Wildman–Crippen LogP) is 3.16. The molecule has 0 fully saturated rings. The Morgan fingerprint density at radius 2 is 1.77 bits per heavy atom. The maximum Gasteiger partial charge on any atom is 0.0350 e. The fourth-order valence-corrected chi connectivity index (χ4v) is 1.31. The Bertz CT molecular complexity index is 274.